The SMILES string of the molecule is CN1CCCC(O)(Cc2ccc(F)c(Cl)c2)C1. The molecule has 17 heavy (non-hydrogen) atoms. The number of likely N-dealkylation sites (N-methyl/N-ethyl adjacent to an activating group) is 1. The second-order valence-electron chi connectivity index (χ2n) is 4.99. The molecule has 1 fully saturated rings. The minimum atomic E-state index is -0.714. The van der Waals surface area contributed by atoms with Gasteiger partial charge in [0, 0.05) is 13.0 Å². The van der Waals surface area contributed by atoms with E-state index in [9.17, 15) is 9.50 Å². The summed E-state index contributed by atoms with van der Waals surface area (Å²) in [6, 6.07) is 4.64. The van der Waals surface area contributed by atoms with Gasteiger partial charge in [0.2, 0.25) is 0 Å². The molecule has 4 heteroatoms. The summed E-state index contributed by atoms with van der Waals surface area (Å²) >= 11 is 5.74. The van der Waals surface area contributed by atoms with Gasteiger partial charge in [0.05, 0.1) is 10.6 Å². The van der Waals surface area contributed by atoms with E-state index in [0.29, 0.717) is 13.0 Å². The van der Waals surface area contributed by atoms with Crippen LogP contribution in [0.3, 0.4) is 0 Å². The maximum atomic E-state index is 13.0. The molecule has 0 spiro atoms. The van der Waals surface area contributed by atoms with Crippen LogP contribution < -0.4 is 0 Å². The van der Waals surface area contributed by atoms with Gasteiger partial charge in [-0.2, -0.15) is 0 Å². The van der Waals surface area contributed by atoms with Crippen LogP contribution in [0.2, 0.25) is 5.02 Å². The lowest BCUT2D eigenvalue weighted by Crippen LogP contribution is -2.47. The van der Waals surface area contributed by atoms with E-state index in [1.165, 1.54) is 6.07 Å². The Bertz CT molecular complexity index is 412. The highest BCUT2D eigenvalue weighted by atomic mass is 35.5. The number of rotatable bonds is 2. The van der Waals surface area contributed by atoms with Crippen LogP contribution in [0, 0.1) is 5.82 Å². The lowest BCUT2D eigenvalue weighted by Gasteiger charge is -2.37. The Labute approximate surface area is 106 Å². The molecule has 0 saturated carbocycles. The van der Waals surface area contributed by atoms with Crippen molar-refractivity contribution in [2.45, 2.75) is 24.9 Å². The molecule has 1 aliphatic heterocycles. The van der Waals surface area contributed by atoms with Crippen molar-refractivity contribution in [3.8, 4) is 0 Å². The van der Waals surface area contributed by atoms with Crippen molar-refractivity contribution in [1.29, 1.82) is 0 Å². The molecule has 1 aromatic carbocycles. The van der Waals surface area contributed by atoms with Crippen molar-refractivity contribution < 1.29 is 9.50 Å². The number of nitrogens with zero attached hydrogens (tertiary/aromatic N) is 1. The second-order valence-corrected chi connectivity index (χ2v) is 5.40. The van der Waals surface area contributed by atoms with E-state index in [4.69, 9.17) is 11.6 Å². The van der Waals surface area contributed by atoms with Gasteiger partial charge in [-0.05, 0) is 44.1 Å². The summed E-state index contributed by atoms with van der Waals surface area (Å²) in [7, 11) is 2.00. The summed E-state index contributed by atoms with van der Waals surface area (Å²) in [6.45, 7) is 1.68. The van der Waals surface area contributed by atoms with Gasteiger partial charge in [0.25, 0.3) is 0 Å². The first-order valence-corrected chi connectivity index (χ1v) is 6.21. The normalized spacial score (nSPS) is 26.1. The predicted molar refractivity (Wildman–Crippen MR) is 66.8 cm³/mol. The van der Waals surface area contributed by atoms with Gasteiger partial charge in [-0.1, -0.05) is 17.7 Å². The Morgan fingerprint density at radius 1 is 1.53 bits per heavy atom. The third-order valence-electron chi connectivity index (χ3n) is 3.26. The molecule has 0 aliphatic carbocycles. The highest BCUT2D eigenvalue weighted by molar-refractivity contribution is 6.30. The van der Waals surface area contributed by atoms with Crippen LogP contribution in [0.1, 0.15) is 18.4 Å². The molecule has 1 heterocycles. The van der Waals surface area contributed by atoms with E-state index in [0.717, 1.165) is 24.9 Å². The zero-order valence-electron chi connectivity index (χ0n) is 9.92. The Hall–Kier alpha value is -0.640. The Kier molecular flexibility index (Phi) is 3.71. The van der Waals surface area contributed by atoms with Gasteiger partial charge in [-0.3, -0.25) is 0 Å². The Balaban J connectivity index is 2.11. The highest BCUT2D eigenvalue weighted by Gasteiger charge is 2.31. The first-order chi connectivity index (χ1) is 7.98. The fourth-order valence-electron chi connectivity index (χ4n) is 2.51. The van der Waals surface area contributed by atoms with Crippen LogP contribution in [0.5, 0.6) is 0 Å². The summed E-state index contributed by atoms with van der Waals surface area (Å²) in [5.41, 5.74) is 0.169. The smallest absolute Gasteiger partial charge is 0.141 e. The van der Waals surface area contributed by atoms with Gasteiger partial charge < -0.3 is 10.0 Å². The van der Waals surface area contributed by atoms with Crippen LogP contribution in [0.4, 0.5) is 4.39 Å². The van der Waals surface area contributed by atoms with Crippen molar-refractivity contribution in [3.05, 3.63) is 34.6 Å². The first-order valence-electron chi connectivity index (χ1n) is 5.83. The number of halogens is 2. The van der Waals surface area contributed by atoms with Crippen molar-refractivity contribution in [3.63, 3.8) is 0 Å². The molecule has 1 N–H and O–H groups in total. The van der Waals surface area contributed by atoms with E-state index in [1.807, 2.05) is 7.05 Å². The minimum Gasteiger partial charge on any atom is -0.388 e. The van der Waals surface area contributed by atoms with Crippen LogP contribution in [-0.2, 0) is 6.42 Å². The minimum absolute atomic E-state index is 0.121. The average Bonchev–Trinajstić information content (AvgIpc) is 2.22. The van der Waals surface area contributed by atoms with Crippen LogP contribution >= 0.6 is 11.6 Å². The molecular formula is C13H17ClFNO. The van der Waals surface area contributed by atoms with Crippen LogP contribution in [-0.4, -0.2) is 35.7 Å². The number of benzene rings is 1. The lowest BCUT2D eigenvalue weighted by molar-refractivity contribution is -0.0223. The number of hydrogen-bond donors (Lipinski definition) is 1. The second kappa shape index (κ2) is 4.92. The fraction of sp³-hybridized carbons (Fsp3) is 0.538. The number of β-amino-alcohol motifs (C(OH)–C–C–N with tert-alkyl or cyclic N) is 1. The van der Waals surface area contributed by atoms with Crippen molar-refractivity contribution in [2.75, 3.05) is 20.1 Å². The molecule has 0 aromatic heterocycles. The number of likely N-dealkylation sites (tertiary alicyclic amines) is 1. The maximum Gasteiger partial charge on any atom is 0.141 e. The molecule has 1 aromatic rings. The Morgan fingerprint density at radius 3 is 2.94 bits per heavy atom. The van der Waals surface area contributed by atoms with Crippen molar-refractivity contribution >= 4 is 11.6 Å². The summed E-state index contributed by atoms with van der Waals surface area (Å²) < 4.78 is 13.0. The van der Waals surface area contributed by atoms with Crippen molar-refractivity contribution in [1.82, 2.24) is 4.90 Å². The van der Waals surface area contributed by atoms with E-state index >= 15 is 0 Å². The summed E-state index contributed by atoms with van der Waals surface area (Å²) in [5.74, 6) is -0.414. The molecule has 94 valence electrons. The zero-order chi connectivity index (χ0) is 12.5. The molecule has 1 aliphatic rings. The van der Waals surface area contributed by atoms with Gasteiger partial charge >= 0.3 is 0 Å². The molecule has 0 radical (unpaired) electrons. The van der Waals surface area contributed by atoms with Gasteiger partial charge in [0.15, 0.2) is 0 Å². The summed E-state index contributed by atoms with van der Waals surface area (Å²) in [4.78, 5) is 2.12. The maximum absolute atomic E-state index is 13.0. The molecule has 1 unspecified atom stereocenters. The average molecular weight is 258 g/mol. The third-order valence-corrected chi connectivity index (χ3v) is 3.55. The monoisotopic (exact) mass is 257 g/mol. The summed E-state index contributed by atoms with van der Waals surface area (Å²) in [5, 5.41) is 10.6. The first kappa shape index (κ1) is 12.8. The fourth-order valence-corrected chi connectivity index (χ4v) is 2.72. The van der Waals surface area contributed by atoms with E-state index in [-0.39, 0.29) is 5.02 Å². The molecule has 2 nitrogen and oxygen atoms in total. The highest BCUT2D eigenvalue weighted by Crippen LogP contribution is 2.26. The van der Waals surface area contributed by atoms with E-state index < -0.39 is 11.4 Å². The number of hydrogen-bond acceptors (Lipinski definition) is 2. The third kappa shape index (κ3) is 3.18. The zero-order valence-corrected chi connectivity index (χ0v) is 10.7. The number of piperidine rings is 1. The quantitative estimate of drug-likeness (QED) is 0.880. The van der Waals surface area contributed by atoms with Crippen molar-refractivity contribution in [2.24, 2.45) is 0 Å². The van der Waals surface area contributed by atoms with E-state index in [2.05, 4.69) is 4.90 Å². The molecule has 2 rings (SSSR count). The molecule has 0 amide bonds. The lowest BCUT2D eigenvalue weighted by atomic mass is 9.87. The molecule has 1 atom stereocenters. The molecule has 0 bridgehead atoms. The van der Waals surface area contributed by atoms with Gasteiger partial charge in [-0.15, -0.1) is 0 Å². The molecule has 1 saturated heterocycles. The number of aliphatic hydroxyl groups is 1. The van der Waals surface area contributed by atoms with E-state index in [1.54, 1.807) is 12.1 Å². The standard InChI is InChI=1S/C13H17ClFNO/c1-16-6-2-5-13(17,9-16)8-10-3-4-12(15)11(14)7-10/h3-4,7,17H,2,5-6,8-9H2,1H3. The predicted octanol–water partition coefficient (Wildman–Crippen LogP) is 2.48. The van der Waals surface area contributed by atoms with Gasteiger partial charge in [0.1, 0.15) is 5.82 Å². The van der Waals surface area contributed by atoms with Crippen LogP contribution in [0.25, 0.3) is 0 Å². The summed E-state index contributed by atoms with van der Waals surface area (Å²) in [6.07, 6.45) is 2.30. The topological polar surface area (TPSA) is 23.5 Å². The van der Waals surface area contributed by atoms with Crippen LogP contribution in [0.15, 0.2) is 18.2 Å². The largest absolute Gasteiger partial charge is 0.388 e. The molecular weight excluding hydrogens is 241 g/mol. The Morgan fingerprint density at radius 2 is 2.29 bits per heavy atom. The van der Waals surface area contributed by atoms with Gasteiger partial charge in [-0.25, -0.2) is 4.39 Å².